The van der Waals surface area contributed by atoms with Crippen molar-refractivity contribution in [2.45, 2.75) is 18.6 Å². The molecule has 0 aliphatic rings. The summed E-state index contributed by atoms with van der Waals surface area (Å²) in [6.07, 6.45) is 1.27. The SMILES string of the molecule is Cc1cc(F)cc(NS(=O)(=O)c2ccc(CO)cn2)c1. The molecule has 0 radical (unpaired) electrons. The molecule has 2 rings (SSSR count). The lowest BCUT2D eigenvalue weighted by Crippen LogP contribution is -2.14. The minimum Gasteiger partial charge on any atom is -0.392 e. The van der Waals surface area contributed by atoms with Gasteiger partial charge in [-0.05, 0) is 42.3 Å². The van der Waals surface area contributed by atoms with E-state index in [1.807, 2.05) is 0 Å². The van der Waals surface area contributed by atoms with Crippen LogP contribution in [0.4, 0.5) is 10.1 Å². The molecule has 1 heterocycles. The van der Waals surface area contributed by atoms with Crippen LogP contribution in [0, 0.1) is 12.7 Å². The number of rotatable bonds is 4. The van der Waals surface area contributed by atoms with Crippen LogP contribution in [-0.2, 0) is 16.6 Å². The third kappa shape index (κ3) is 3.31. The summed E-state index contributed by atoms with van der Waals surface area (Å²) < 4.78 is 39.6. The fourth-order valence-electron chi connectivity index (χ4n) is 1.67. The second-order valence-electron chi connectivity index (χ2n) is 4.29. The average molecular weight is 296 g/mol. The van der Waals surface area contributed by atoms with Gasteiger partial charge in [-0.2, -0.15) is 8.42 Å². The standard InChI is InChI=1S/C13H13FN2O3S/c1-9-4-11(14)6-12(5-9)16-20(18,19)13-3-2-10(8-17)7-15-13/h2-7,16-17H,8H2,1H3. The van der Waals surface area contributed by atoms with E-state index in [0.29, 0.717) is 11.1 Å². The van der Waals surface area contributed by atoms with Gasteiger partial charge in [0, 0.05) is 6.20 Å². The minimum atomic E-state index is -3.88. The van der Waals surface area contributed by atoms with E-state index < -0.39 is 15.8 Å². The van der Waals surface area contributed by atoms with Gasteiger partial charge >= 0.3 is 0 Å². The smallest absolute Gasteiger partial charge is 0.279 e. The third-order valence-electron chi connectivity index (χ3n) is 2.55. The molecule has 0 bridgehead atoms. The molecule has 0 unspecified atom stereocenters. The molecule has 0 saturated carbocycles. The highest BCUT2D eigenvalue weighted by Gasteiger charge is 2.16. The van der Waals surface area contributed by atoms with Gasteiger partial charge in [0.1, 0.15) is 5.82 Å². The van der Waals surface area contributed by atoms with E-state index in [2.05, 4.69) is 9.71 Å². The van der Waals surface area contributed by atoms with Crippen molar-refractivity contribution in [1.29, 1.82) is 0 Å². The highest BCUT2D eigenvalue weighted by atomic mass is 32.2. The Balaban J connectivity index is 2.30. The number of pyridine rings is 1. The van der Waals surface area contributed by atoms with Gasteiger partial charge in [0.05, 0.1) is 12.3 Å². The number of anilines is 1. The van der Waals surface area contributed by atoms with E-state index >= 15 is 0 Å². The molecule has 5 nitrogen and oxygen atoms in total. The second-order valence-corrected chi connectivity index (χ2v) is 5.91. The van der Waals surface area contributed by atoms with Crippen molar-refractivity contribution in [2.24, 2.45) is 0 Å². The normalized spacial score (nSPS) is 11.3. The van der Waals surface area contributed by atoms with Crippen LogP contribution in [0.25, 0.3) is 0 Å². The molecule has 7 heteroatoms. The number of hydrogen-bond acceptors (Lipinski definition) is 4. The minimum absolute atomic E-state index is 0.135. The van der Waals surface area contributed by atoms with Gasteiger partial charge in [0.15, 0.2) is 5.03 Å². The van der Waals surface area contributed by atoms with Gasteiger partial charge in [-0.25, -0.2) is 9.37 Å². The van der Waals surface area contributed by atoms with Crippen molar-refractivity contribution < 1.29 is 17.9 Å². The van der Waals surface area contributed by atoms with E-state index in [1.54, 1.807) is 6.92 Å². The van der Waals surface area contributed by atoms with Crippen LogP contribution in [0.1, 0.15) is 11.1 Å². The molecule has 0 amide bonds. The molecule has 0 fully saturated rings. The fourth-order valence-corrected chi connectivity index (χ4v) is 2.64. The summed E-state index contributed by atoms with van der Waals surface area (Å²) in [7, 11) is -3.88. The van der Waals surface area contributed by atoms with Crippen molar-refractivity contribution in [1.82, 2.24) is 4.98 Å². The third-order valence-corrected chi connectivity index (χ3v) is 3.85. The molecule has 0 atom stereocenters. The summed E-state index contributed by atoms with van der Waals surface area (Å²) >= 11 is 0. The fraction of sp³-hybridized carbons (Fsp3) is 0.154. The van der Waals surface area contributed by atoms with Crippen molar-refractivity contribution in [3.05, 3.63) is 53.5 Å². The number of aliphatic hydroxyl groups is 1. The lowest BCUT2D eigenvalue weighted by molar-refractivity contribution is 0.281. The van der Waals surface area contributed by atoms with Crippen molar-refractivity contribution in [3.63, 3.8) is 0 Å². The van der Waals surface area contributed by atoms with Gasteiger partial charge in [0.25, 0.3) is 10.0 Å². The van der Waals surface area contributed by atoms with Gasteiger partial charge < -0.3 is 5.11 Å². The number of aryl methyl sites for hydroxylation is 1. The maximum Gasteiger partial charge on any atom is 0.279 e. The molecule has 0 aliphatic heterocycles. The van der Waals surface area contributed by atoms with Crippen LogP contribution in [0.15, 0.2) is 41.6 Å². The van der Waals surface area contributed by atoms with E-state index in [9.17, 15) is 12.8 Å². The van der Waals surface area contributed by atoms with E-state index in [0.717, 1.165) is 6.07 Å². The lowest BCUT2D eigenvalue weighted by Gasteiger charge is -2.08. The molecule has 20 heavy (non-hydrogen) atoms. The maximum atomic E-state index is 13.2. The van der Waals surface area contributed by atoms with Gasteiger partial charge in [-0.3, -0.25) is 4.72 Å². The topological polar surface area (TPSA) is 79.3 Å². The first-order chi connectivity index (χ1) is 9.40. The van der Waals surface area contributed by atoms with Crippen molar-refractivity contribution in [3.8, 4) is 0 Å². The second kappa shape index (κ2) is 5.56. The predicted molar refractivity (Wildman–Crippen MR) is 72.1 cm³/mol. The quantitative estimate of drug-likeness (QED) is 0.902. The molecule has 0 aliphatic carbocycles. The van der Waals surface area contributed by atoms with Crippen LogP contribution in [0.2, 0.25) is 0 Å². The Labute approximate surface area is 116 Å². The molecule has 0 spiro atoms. The lowest BCUT2D eigenvalue weighted by atomic mass is 10.2. The highest BCUT2D eigenvalue weighted by molar-refractivity contribution is 7.92. The van der Waals surface area contributed by atoms with Crippen LogP contribution in [0.3, 0.4) is 0 Å². The molecule has 0 saturated heterocycles. The Morgan fingerprint density at radius 1 is 1.30 bits per heavy atom. The number of aromatic nitrogens is 1. The average Bonchev–Trinajstić information content (AvgIpc) is 2.37. The number of aliphatic hydroxyl groups excluding tert-OH is 1. The Hall–Kier alpha value is -1.99. The van der Waals surface area contributed by atoms with Crippen LogP contribution >= 0.6 is 0 Å². The zero-order valence-electron chi connectivity index (χ0n) is 10.7. The van der Waals surface area contributed by atoms with Crippen molar-refractivity contribution in [2.75, 3.05) is 4.72 Å². The van der Waals surface area contributed by atoms with Gasteiger partial charge in [0.2, 0.25) is 0 Å². The molecular weight excluding hydrogens is 283 g/mol. The summed E-state index contributed by atoms with van der Waals surface area (Å²) in [4.78, 5) is 3.76. The molecule has 2 N–H and O–H groups in total. The number of sulfonamides is 1. The highest BCUT2D eigenvalue weighted by Crippen LogP contribution is 2.17. The Morgan fingerprint density at radius 3 is 2.60 bits per heavy atom. The summed E-state index contributed by atoms with van der Waals surface area (Å²) in [5.41, 5.74) is 1.24. The summed E-state index contributed by atoms with van der Waals surface area (Å²) in [6.45, 7) is 1.44. The van der Waals surface area contributed by atoms with Crippen LogP contribution in [-0.4, -0.2) is 18.5 Å². The number of benzene rings is 1. The molecule has 106 valence electrons. The van der Waals surface area contributed by atoms with Crippen LogP contribution in [0.5, 0.6) is 0 Å². The van der Waals surface area contributed by atoms with Crippen LogP contribution < -0.4 is 4.72 Å². The summed E-state index contributed by atoms with van der Waals surface area (Å²) in [5.74, 6) is -0.522. The molecular formula is C13H13FN2O3S. The zero-order chi connectivity index (χ0) is 14.8. The maximum absolute atomic E-state index is 13.2. The van der Waals surface area contributed by atoms with E-state index in [1.165, 1.54) is 30.5 Å². The zero-order valence-corrected chi connectivity index (χ0v) is 11.5. The molecule has 2 aromatic rings. The first-order valence-corrected chi connectivity index (χ1v) is 7.25. The number of nitrogens with zero attached hydrogens (tertiary/aromatic N) is 1. The number of hydrogen-bond donors (Lipinski definition) is 2. The molecule has 1 aromatic carbocycles. The Morgan fingerprint density at radius 2 is 2.05 bits per heavy atom. The largest absolute Gasteiger partial charge is 0.392 e. The Bertz CT molecular complexity index is 695. The number of nitrogens with one attached hydrogen (secondary N) is 1. The summed E-state index contributed by atoms with van der Waals surface area (Å²) in [6, 6.07) is 6.64. The van der Waals surface area contributed by atoms with Gasteiger partial charge in [-0.15, -0.1) is 0 Å². The van der Waals surface area contributed by atoms with Gasteiger partial charge in [-0.1, -0.05) is 6.07 Å². The summed E-state index contributed by atoms with van der Waals surface area (Å²) in [5, 5.41) is 8.68. The van der Waals surface area contributed by atoms with E-state index in [-0.39, 0.29) is 17.3 Å². The van der Waals surface area contributed by atoms with E-state index in [4.69, 9.17) is 5.11 Å². The monoisotopic (exact) mass is 296 g/mol. The number of halogens is 1. The predicted octanol–water partition coefficient (Wildman–Crippen LogP) is 1.82. The first kappa shape index (κ1) is 14.4. The Kier molecular flexibility index (Phi) is 4.01. The van der Waals surface area contributed by atoms with Crippen molar-refractivity contribution >= 4 is 15.7 Å². The first-order valence-electron chi connectivity index (χ1n) is 5.76. The molecule has 1 aromatic heterocycles.